The van der Waals surface area contributed by atoms with Crippen LogP contribution in [0.2, 0.25) is 0 Å². The standard InChI is InChI=1S/C22H21IN4O4S/c1-5-32-22-24-20-18(25-26-22)14-8-6-7-9-16(14)27(12(2)28)21(31-20)13-10-15(23)19(30-4)17(11-13)29-3/h6-11,21H,5H2,1-4H3. The third kappa shape index (κ3) is 4.08. The van der Waals surface area contributed by atoms with E-state index in [0.717, 1.165) is 14.9 Å². The van der Waals surface area contributed by atoms with Gasteiger partial charge in [-0.2, -0.15) is 4.98 Å². The molecule has 0 spiro atoms. The minimum Gasteiger partial charge on any atom is -0.493 e. The van der Waals surface area contributed by atoms with Crippen molar-refractivity contribution >= 4 is 45.9 Å². The van der Waals surface area contributed by atoms with Crippen molar-refractivity contribution in [1.82, 2.24) is 15.2 Å². The lowest BCUT2D eigenvalue weighted by Crippen LogP contribution is -2.36. The summed E-state index contributed by atoms with van der Waals surface area (Å²) in [7, 11) is 3.16. The Labute approximate surface area is 203 Å². The third-order valence-electron chi connectivity index (χ3n) is 4.87. The van der Waals surface area contributed by atoms with Crippen molar-refractivity contribution in [2.45, 2.75) is 25.2 Å². The van der Waals surface area contributed by atoms with Crippen molar-refractivity contribution in [3.63, 3.8) is 0 Å². The average molecular weight is 564 g/mol. The van der Waals surface area contributed by atoms with Crippen LogP contribution >= 0.6 is 34.4 Å². The topological polar surface area (TPSA) is 86.7 Å². The molecule has 2 aromatic carbocycles. The SMILES string of the molecule is CCSc1nnc2c(n1)OC(c1cc(I)c(OC)c(OC)c1)N(C(C)=O)c1ccccc1-2. The first-order valence-electron chi connectivity index (χ1n) is 9.83. The smallest absolute Gasteiger partial charge is 0.247 e. The van der Waals surface area contributed by atoms with E-state index in [2.05, 4.69) is 37.8 Å². The lowest BCUT2D eigenvalue weighted by molar-refractivity contribution is -0.118. The highest BCUT2D eigenvalue weighted by atomic mass is 127. The van der Waals surface area contributed by atoms with E-state index in [9.17, 15) is 4.79 Å². The first-order valence-corrected chi connectivity index (χ1v) is 11.9. The Kier molecular flexibility index (Phi) is 6.70. The molecule has 10 heteroatoms. The second-order valence-electron chi connectivity index (χ2n) is 6.80. The van der Waals surface area contributed by atoms with Crippen molar-refractivity contribution in [2.75, 3.05) is 24.9 Å². The minimum atomic E-state index is -0.792. The van der Waals surface area contributed by atoms with Crippen molar-refractivity contribution in [2.24, 2.45) is 0 Å². The van der Waals surface area contributed by atoms with Gasteiger partial charge in [0.1, 0.15) is 0 Å². The Morgan fingerprint density at radius 2 is 2.00 bits per heavy atom. The predicted octanol–water partition coefficient (Wildman–Crippen LogP) is 4.72. The van der Waals surface area contributed by atoms with Crippen molar-refractivity contribution in [3.05, 3.63) is 45.5 Å². The molecule has 32 heavy (non-hydrogen) atoms. The van der Waals surface area contributed by atoms with Gasteiger partial charge in [0.15, 0.2) is 17.2 Å². The number of halogens is 1. The number of hydrogen-bond acceptors (Lipinski definition) is 8. The molecule has 0 radical (unpaired) electrons. The van der Waals surface area contributed by atoms with Crippen LogP contribution < -0.4 is 19.1 Å². The fourth-order valence-electron chi connectivity index (χ4n) is 3.54. The van der Waals surface area contributed by atoms with Gasteiger partial charge >= 0.3 is 0 Å². The molecule has 166 valence electrons. The highest BCUT2D eigenvalue weighted by molar-refractivity contribution is 14.1. The number of carbonyl (C=O) groups is 1. The van der Waals surface area contributed by atoms with E-state index < -0.39 is 6.23 Å². The molecule has 0 N–H and O–H groups in total. The lowest BCUT2D eigenvalue weighted by Gasteiger charge is -2.30. The molecule has 1 aromatic heterocycles. The van der Waals surface area contributed by atoms with Gasteiger partial charge < -0.3 is 14.2 Å². The normalized spacial score (nSPS) is 14.7. The van der Waals surface area contributed by atoms with Crippen LogP contribution in [0.1, 0.15) is 25.6 Å². The zero-order chi connectivity index (χ0) is 22.8. The fraction of sp³-hybridized carbons (Fsp3) is 0.273. The number of thioether (sulfide) groups is 1. The van der Waals surface area contributed by atoms with Crippen molar-refractivity contribution in [1.29, 1.82) is 0 Å². The Morgan fingerprint density at radius 1 is 1.22 bits per heavy atom. The number of benzene rings is 2. The molecule has 1 unspecified atom stereocenters. The third-order valence-corrected chi connectivity index (χ3v) is 6.39. The van der Waals surface area contributed by atoms with E-state index in [-0.39, 0.29) is 5.91 Å². The molecule has 1 aliphatic rings. The van der Waals surface area contributed by atoms with Crippen LogP contribution in [-0.4, -0.2) is 41.1 Å². The van der Waals surface area contributed by atoms with Crippen LogP contribution in [0, 0.1) is 3.57 Å². The van der Waals surface area contributed by atoms with Gasteiger partial charge in [-0.15, -0.1) is 10.2 Å². The van der Waals surface area contributed by atoms with Gasteiger partial charge in [0.05, 0.1) is 23.5 Å². The summed E-state index contributed by atoms with van der Waals surface area (Å²) >= 11 is 3.65. The van der Waals surface area contributed by atoms with Gasteiger partial charge in [-0.1, -0.05) is 36.9 Å². The van der Waals surface area contributed by atoms with Crippen molar-refractivity contribution in [3.8, 4) is 28.6 Å². The van der Waals surface area contributed by atoms with E-state index in [1.165, 1.54) is 18.7 Å². The van der Waals surface area contributed by atoms with Gasteiger partial charge in [0.25, 0.3) is 0 Å². The second-order valence-corrected chi connectivity index (χ2v) is 9.19. The number of aromatic nitrogens is 3. The second kappa shape index (κ2) is 9.49. The highest BCUT2D eigenvalue weighted by Gasteiger charge is 2.35. The number of anilines is 1. The van der Waals surface area contributed by atoms with Crippen LogP contribution in [0.3, 0.4) is 0 Å². The quantitative estimate of drug-likeness (QED) is 0.325. The zero-order valence-electron chi connectivity index (χ0n) is 18.0. The molecule has 0 bridgehead atoms. The van der Waals surface area contributed by atoms with E-state index in [0.29, 0.717) is 39.5 Å². The Bertz CT molecular complexity index is 1180. The van der Waals surface area contributed by atoms with Crippen LogP contribution in [0.4, 0.5) is 5.69 Å². The van der Waals surface area contributed by atoms with E-state index in [1.807, 2.05) is 43.3 Å². The summed E-state index contributed by atoms with van der Waals surface area (Å²) in [5.74, 6) is 2.10. The molecule has 8 nitrogen and oxygen atoms in total. The van der Waals surface area contributed by atoms with Gasteiger partial charge in [0.2, 0.25) is 23.2 Å². The fourth-order valence-corrected chi connectivity index (χ4v) is 4.89. The van der Waals surface area contributed by atoms with Crippen LogP contribution in [0.15, 0.2) is 41.6 Å². The maximum atomic E-state index is 12.9. The number of hydrogen-bond donors (Lipinski definition) is 0. The number of nitrogens with zero attached hydrogens (tertiary/aromatic N) is 4. The van der Waals surface area contributed by atoms with E-state index >= 15 is 0 Å². The number of ether oxygens (including phenoxy) is 3. The first-order chi connectivity index (χ1) is 15.5. The number of fused-ring (bicyclic) bond motifs is 3. The molecule has 1 atom stereocenters. The van der Waals surface area contributed by atoms with E-state index in [1.54, 1.807) is 19.1 Å². The zero-order valence-corrected chi connectivity index (χ0v) is 20.9. The first kappa shape index (κ1) is 22.6. The summed E-state index contributed by atoms with van der Waals surface area (Å²) in [4.78, 5) is 19.1. The lowest BCUT2D eigenvalue weighted by atomic mass is 10.1. The summed E-state index contributed by atoms with van der Waals surface area (Å²) in [6, 6.07) is 11.2. The minimum absolute atomic E-state index is 0.184. The van der Waals surface area contributed by atoms with Gasteiger partial charge in [-0.05, 0) is 46.5 Å². The maximum absolute atomic E-state index is 12.9. The van der Waals surface area contributed by atoms with Crippen molar-refractivity contribution < 1.29 is 19.0 Å². The summed E-state index contributed by atoms with van der Waals surface area (Å²) in [5, 5.41) is 9.15. The molecule has 1 amide bonds. The molecule has 1 aliphatic heterocycles. The number of methoxy groups -OCH3 is 2. The molecule has 3 aromatic rings. The highest BCUT2D eigenvalue weighted by Crippen LogP contribution is 2.45. The number of rotatable bonds is 5. The van der Waals surface area contributed by atoms with Crippen LogP contribution in [-0.2, 0) is 4.79 Å². The predicted molar refractivity (Wildman–Crippen MR) is 130 cm³/mol. The summed E-state index contributed by atoms with van der Waals surface area (Å²) in [6.45, 7) is 3.52. The molecule has 0 aliphatic carbocycles. The Hall–Kier alpha value is -2.60. The molecular formula is C22H21IN4O4S. The molecular weight excluding hydrogens is 543 g/mol. The molecule has 4 rings (SSSR count). The number of carbonyl (C=O) groups excluding carboxylic acids is 1. The molecule has 0 saturated heterocycles. The number of para-hydroxylation sites is 1. The summed E-state index contributed by atoms with van der Waals surface area (Å²) in [5.41, 5.74) is 2.60. The largest absolute Gasteiger partial charge is 0.493 e. The molecule has 2 heterocycles. The Balaban J connectivity index is 1.96. The molecule has 0 fully saturated rings. The van der Waals surface area contributed by atoms with Gasteiger partial charge in [-0.3, -0.25) is 9.69 Å². The summed E-state index contributed by atoms with van der Waals surface area (Å²) in [6.07, 6.45) is -0.792. The average Bonchev–Trinajstić information content (AvgIpc) is 2.93. The van der Waals surface area contributed by atoms with Crippen LogP contribution in [0.5, 0.6) is 17.4 Å². The van der Waals surface area contributed by atoms with Crippen LogP contribution in [0.25, 0.3) is 11.3 Å². The summed E-state index contributed by atoms with van der Waals surface area (Å²) < 4.78 is 18.2. The molecule has 0 saturated carbocycles. The van der Waals surface area contributed by atoms with Gasteiger partial charge in [-0.25, -0.2) is 0 Å². The van der Waals surface area contributed by atoms with Gasteiger partial charge in [0, 0.05) is 18.1 Å². The Morgan fingerprint density at radius 3 is 2.69 bits per heavy atom. The maximum Gasteiger partial charge on any atom is 0.247 e. The number of amides is 1. The van der Waals surface area contributed by atoms with E-state index in [4.69, 9.17) is 14.2 Å². The monoisotopic (exact) mass is 564 g/mol.